The van der Waals surface area contributed by atoms with Crippen molar-refractivity contribution in [3.05, 3.63) is 0 Å². The highest BCUT2D eigenvalue weighted by molar-refractivity contribution is 6.34. The Morgan fingerprint density at radius 1 is 0.758 bits per heavy atom. The van der Waals surface area contributed by atoms with E-state index in [0.717, 1.165) is 48.3 Å². The Labute approximate surface area is 190 Å². The van der Waals surface area contributed by atoms with Gasteiger partial charge in [0.2, 0.25) is 0 Å². The summed E-state index contributed by atoms with van der Waals surface area (Å²) in [6.07, 6.45) is 6.95. The van der Waals surface area contributed by atoms with Crippen LogP contribution in [0.2, 0.25) is 0 Å². The number of carboxylic acids is 2. The van der Waals surface area contributed by atoms with E-state index >= 15 is 0 Å². The van der Waals surface area contributed by atoms with Crippen molar-refractivity contribution in [1.82, 2.24) is 20.4 Å². The van der Waals surface area contributed by atoms with Crippen LogP contribution in [0.3, 0.4) is 0 Å². The normalized spacial score (nSPS) is 22.4. The maximum atomic E-state index is 13.7. The quantitative estimate of drug-likeness (QED) is 0.361. The van der Waals surface area contributed by atoms with Crippen molar-refractivity contribution in [1.29, 1.82) is 0 Å². The maximum Gasteiger partial charge on any atom is 0.334 e. The Bertz CT molecular complexity index is 792. The first kappa shape index (κ1) is 24.6. The lowest BCUT2D eigenvalue weighted by Gasteiger charge is -2.48. The first-order valence-electron chi connectivity index (χ1n) is 11.4. The number of hydrogen-bond donors (Lipinski definition) is 4. The van der Waals surface area contributed by atoms with Gasteiger partial charge in [0, 0.05) is 12.1 Å². The zero-order valence-corrected chi connectivity index (χ0v) is 18.4. The van der Waals surface area contributed by atoms with E-state index in [0.29, 0.717) is 25.7 Å². The van der Waals surface area contributed by atoms with E-state index in [1.807, 2.05) is 5.32 Å². The molecule has 0 radical (unpaired) electrons. The number of barbiturate groups is 1. The Morgan fingerprint density at radius 2 is 1.18 bits per heavy atom. The number of carboxylic acid groups (broad SMARTS) is 2. The molecule has 5 amide bonds. The third kappa shape index (κ3) is 4.85. The minimum absolute atomic E-state index is 0.510. The topological polar surface area (TPSA) is 173 Å². The minimum atomic E-state index is -2.74. The third-order valence-corrected chi connectivity index (χ3v) is 6.62. The van der Waals surface area contributed by atoms with Crippen molar-refractivity contribution < 1.29 is 39.0 Å². The fourth-order valence-corrected chi connectivity index (χ4v) is 4.99. The van der Waals surface area contributed by atoms with Crippen molar-refractivity contribution in [2.75, 3.05) is 13.1 Å². The first-order chi connectivity index (χ1) is 15.7. The Hall–Kier alpha value is -3.02. The van der Waals surface area contributed by atoms with E-state index in [1.165, 1.54) is 0 Å². The Kier molecular flexibility index (Phi) is 7.67. The number of carbonyl (C=O) groups excluding carboxylic acids is 4. The van der Waals surface area contributed by atoms with Crippen LogP contribution in [-0.2, 0) is 24.0 Å². The lowest BCUT2D eigenvalue weighted by molar-refractivity contribution is -0.162. The predicted octanol–water partition coefficient (Wildman–Crippen LogP) is 0.0564. The molecule has 2 aliphatic carbocycles. The molecule has 3 aliphatic rings. The van der Waals surface area contributed by atoms with Crippen LogP contribution in [0.5, 0.6) is 0 Å². The second-order valence-electron chi connectivity index (χ2n) is 8.79. The van der Waals surface area contributed by atoms with Gasteiger partial charge in [-0.3, -0.25) is 39.1 Å². The third-order valence-electron chi connectivity index (χ3n) is 6.62. The molecule has 0 aromatic heterocycles. The number of imide groups is 2. The van der Waals surface area contributed by atoms with Crippen LogP contribution < -0.4 is 10.6 Å². The van der Waals surface area contributed by atoms with Crippen molar-refractivity contribution in [2.24, 2.45) is 0 Å². The number of hydrogen-bond acceptors (Lipinski definition) is 7. The van der Waals surface area contributed by atoms with Gasteiger partial charge in [-0.1, -0.05) is 38.5 Å². The molecule has 1 aliphatic heterocycles. The second kappa shape index (κ2) is 10.3. The smallest absolute Gasteiger partial charge is 0.334 e. The molecule has 33 heavy (non-hydrogen) atoms. The molecule has 4 N–H and O–H groups in total. The summed E-state index contributed by atoms with van der Waals surface area (Å²) in [5.74, 6) is -6.42. The number of carbonyl (C=O) groups is 6. The summed E-state index contributed by atoms with van der Waals surface area (Å²) in [4.78, 5) is 78.3. The average Bonchev–Trinajstić information content (AvgIpc) is 2.79. The van der Waals surface area contributed by atoms with Crippen LogP contribution in [0.15, 0.2) is 0 Å². The van der Waals surface area contributed by atoms with Crippen LogP contribution in [0, 0.1) is 0 Å². The SMILES string of the molecule is O=C(O)CNC(=O)C1(NCC(=O)O)C(=O)N(C2CCCCC2)C(=O)N(C2CCCCC2)C1=O. The molecule has 0 aromatic rings. The fraction of sp³-hybridized carbons (Fsp3) is 0.714. The highest BCUT2D eigenvalue weighted by atomic mass is 16.4. The minimum Gasteiger partial charge on any atom is -0.480 e. The van der Waals surface area contributed by atoms with E-state index in [4.69, 9.17) is 5.11 Å². The van der Waals surface area contributed by atoms with Gasteiger partial charge in [0.1, 0.15) is 6.54 Å². The van der Waals surface area contributed by atoms with Gasteiger partial charge in [0.25, 0.3) is 23.3 Å². The summed E-state index contributed by atoms with van der Waals surface area (Å²) in [6.45, 7) is -1.79. The van der Waals surface area contributed by atoms with Crippen LogP contribution in [0.1, 0.15) is 64.2 Å². The second-order valence-corrected chi connectivity index (χ2v) is 8.79. The molecule has 182 valence electrons. The summed E-state index contributed by atoms with van der Waals surface area (Å²) in [5, 5.41) is 22.5. The molecular weight excluding hydrogens is 436 g/mol. The van der Waals surface area contributed by atoms with Crippen LogP contribution in [-0.4, -0.2) is 86.4 Å². The lowest BCUT2D eigenvalue weighted by atomic mass is 9.85. The van der Waals surface area contributed by atoms with Gasteiger partial charge in [-0.25, -0.2) is 4.79 Å². The van der Waals surface area contributed by atoms with Gasteiger partial charge in [0.15, 0.2) is 0 Å². The standard InChI is InChI=1S/C21H30N4O8/c26-15(27)11-22-17(30)21(23-12-16(28)29)18(31)24(13-7-3-1-4-8-13)20(33)25(19(21)32)14-9-5-2-6-10-14/h13-14,23H,1-12H2,(H,22,30)(H,26,27)(H,28,29). The van der Waals surface area contributed by atoms with Gasteiger partial charge in [-0.15, -0.1) is 0 Å². The molecule has 0 atom stereocenters. The van der Waals surface area contributed by atoms with Gasteiger partial charge in [0.05, 0.1) is 6.54 Å². The number of nitrogens with zero attached hydrogens (tertiary/aromatic N) is 2. The van der Waals surface area contributed by atoms with E-state index in [2.05, 4.69) is 5.32 Å². The molecule has 0 bridgehead atoms. The zero-order chi connectivity index (χ0) is 24.2. The fourth-order valence-electron chi connectivity index (χ4n) is 4.99. The van der Waals surface area contributed by atoms with E-state index in [9.17, 15) is 33.9 Å². The van der Waals surface area contributed by atoms with E-state index < -0.39 is 66.4 Å². The molecule has 0 aromatic carbocycles. The van der Waals surface area contributed by atoms with Gasteiger partial charge < -0.3 is 15.5 Å². The summed E-state index contributed by atoms with van der Waals surface area (Å²) >= 11 is 0. The van der Waals surface area contributed by atoms with Crippen LogP contribution in [0.4, 0.5) is 4.79 Å². The molecule has 12 nitrogen and oxygen atoms in total. The number of aliphatic carboxylic acids is 2. The van der Waals surface area contributed by atoms with Gasteiger partial charge in [-0.05, 0) is 25.7 Å². The average molecular weight is 466 g/mol. The largest absolute Gasteiger partial charge is 0.480 e. The molecule has 12 heteroatoms. The highest BCUT2D eigenvalue weighted by Crippen LogP contribution is 2.34. The molecule has 0 spiro atoms. The molecule has 3 rings (SSSR count). The van der Waals surface area contributed by atoms with Crippen LogP contribution in [0.25, 0.3) is 0 Å². The Morgan fingerprint density at radius 3 is 1.58 bits per heavy atom. The lowest BCUT2D eigenvalue weighted by Crippen LogP contribution is -2.81. The molecule has 1 heterocycles. The monoisotopic (exact) mass is 466 g/mol. The summed E-state index contributed by atoms with van der Waals surface area (Å²) in [7, 11) is 0. The molecule has 0 unspecified atom stereocenters. The molecular formula is C21H30N4O8. The zero-order valence-electron chi connectivity index (χ0n) is 18.4. The summed E-state index contributed by atoms with van der Waals surface area (Å²) in [6, 6.07) is -1.85. The number of nitrogens with one attached hydrogen (secondary N) is 2. The van der Waals surface area contributed by atoms with Gasteiger partial charge >= 0.3 is 18.0 Å². The summed E-state index contributed by atoms with van der Waals surface area (Å²) < 4.78 is 0. The predicted molar refractivity (Wildman–Crippen MR) is 112 cm³/mol. The van der Waals surface area contributed by atoms with Crippen molar-refractivity contribution in [2.45, 2.75) is 81.8 Å². The van der Waals surface area contributed by atoms with Crippen molar-refractivity contribution in [3.63, 3.8) is 0 Å². The highest BCUT2D eigenvalue weighted by Gasteiger charge is 2.64. The van der Waals surface area contributed by atoms with Crippen LogP contribution >= 0.6 is 0 Å². The first-order valence-corrected chi connectivity index (χ1v) is 11.4. The Balaban J connectivity index is 2.09. The molecule has 1 saturated heterocycles. The maximum absolute atomic E-state index is 13.7. The van der Waals surface area contributed by atoms with Crippen molar-refractivity contribution >= 4 is 35.7 Å². The summed E-state index contributed by atoms with van der Waals surface area (Å²) in [5.41, 5.74) is -2.74. The number of rotatable bonds is 8. The van der Waals surface area contributed by atoms with E-state index in [1.54, 1.807) is 0 Å². The van der Waals surface area contributed by atoms with Crippen molar-refractivity contribution in [3.8, 4) is 0 Å². The number of amides is 5. The molecule has 2 saturated carbocycles. The molecule has 3 fully saturated rings. The number of urea groups is 1. The van der Waals surface area contributed by atoms with Gasteiger partial charge in [-0.2, -0.15) is 0 Å². The van der Waals surface area contributed by atoms with E-state index in [-0.39, 0.29) is 0 Å².